The van der Waals surface area contributed by atoms with E-state index in [9.17, 15) is 0 Å². The van der Waals surface area contributed by atoms with Crippen LogP contribution in [0, 0.1) is 11.3 Å². The van der Waals surface area contributed by atoms with E-state index < -0.39 is 0 Å². The molecule has 0 amide bonds. The van der Waals surface area contributed by atoms with Crippen LogP contribution in [-0.2, 0) is 6.54 Å². The first kappa shape index (κ1) is 12.1. The summed E-state index contributed by atoms with van der Waals surface area (Å²) >= 11 is 0. The zero-order valence-electron chi connectivity index (χ0n) is 10.3. The third-order valence-electron chi connectivity index (χ3n) is 3.45. The average Bonchev–Trinajstić information content (AvgIpc) is 2.40. The summed E-state index contributed by atoms with van der Waals surface area (Å²) in [7, 11) is 2.14. The molecule has 1 aliphatic rings. The van der Waals surface area contributed by atoms with Crippen molar-refractivity contribution >= 4 is 0 Å². The molecule has 1 N–H and O–H groups in total. The van der Waals surface area contributed by atoms with Gasteiger partial charge in [0.2, 0.25) is 0 Å². The molecule has 0 aliphatic carbocycles. The van der Waals surface area contributed by atoms with Gasteiger partial charge in [0.05, 0.1) is 11.6 Å². The lowest BCUT2D eigenvalue weighted by atomic mass is 10.0. The van der Waals surface area contributed by atoms with Crippen molar-refractivity contribution in [3.05, 3.63) is 35.4 Å². The average molecular weight is 229 g/mol. The van der Waals surface area contributed by atoms with Gasteiger partial charge in [-0.15, -0.1) is 0 Å². The number of hydrogen-bond donors (Lipinski definition) is 1. The maximum Gasteiger partial charge on any atom is 0.0995 e. The highest BCUT2D eigenvalue weighted by molar-refractivity contribution is 5.37. The Kier molecular flexibility index (Phi) is 4.13. The largest absolute Gasteiger partial charge is 0.315 e. The van der Waals surface area contributed by atoms with Gasteiger partial charge in [-0.1, -0.05) is 18.2 Å². The van der Waals surface area contributed by atoms with Crippen molar-refractivity contribution < 1.29 is 0 Å². The van der Waals surface area contributed by atoms with Crippen molar-refractivity contribution in [2.75, 3.05) is 20.1 Å². The second-order valence-electron chi connectivity index (χ2n) is 4.68. The predicted octanol–water partition coefficient (Wildman–Crippen LogP) is 1.74. The first-order chi connectivity index (χ1) is 8.31. The minimum Gasteiger partial charge on any atom is -0.315 e. The molecule has 0 bridgehead atoms. The Hall–Kier alpha value is -1.37. The summed E-state index contributed by atoms with van der Waals surface area (Å²) in [5, 5.41) is 12.5. The minimum absolute atomic E-state index is 0.593. The van der Waals surface area contributed by atoms with E-state index in [2.05, 4.69) is 23.3 Å². The third-order valence-corrected chi connectivity index (χ3v) is 3.45. The molecule has 2 rings (SSSR count). The molecular formula is C14H19N3. The molecule has 1 saturated heterocycles. The minimum atomic E-state index is 0.593. The van der Waals surface area contributed by atoms with Gasteiger partial charge in [-0.3, -0.25) is 4.90 Å². The monoisotopic (exact) mass is 229 g/mol. The van der Waals surface area contributed by atoms with Gasteiger partial charge in [-0.25, -0.2) is 0 Å². The number of nitriles is 1. The first-order valence-corrected chi connectivity index (χ1v) is 6.20. The highest BCUT2D eigenvalue weighted by Crippen LogP contribution is 2.14. The molecule has 0 spiro atoms. The van der Waals surface area contributed by atoms with Crippen LogP contribution in [0.1, 0.15) is 24.0 Å². The van der Waals surface area contributed by atoms with E-state index in [0.29, 0.717) is 6.04 Å². The van der Waals surface area contributed by atoms with Crippen LogP contribution in [0.25, 0.3) is 0 Å². The maximum absolute atomic E-state index is 9.06. The first-order valence-electron chi connectivity index (χ1n) is 6.20. The van der Waals surface area contributed by atoms with Crippen molar-refractivity contribution in [3.8, 4) is 6.07 Å². The molecule has 1 aromatic carbocycles. The number of piperidine rings is 1. The molecule has 1 fully saturated rings. The second-order valence-corrected chi connectivity index (χ2v) is 4.68. The lowest BCUT2D eigenvalue weighted by molar-refractivity contribution is 0.196. The van der Waals surface area contributed by atoms with Crippen LogP contribution >= 0.6 is 0 Å². The Labute approximate surface area is 103 Å². The zero-order chi connectivity index (χ0) is 12.1. The van der Waals surface area contributed by atoms with E-state index in [-0.39, 0.29) is 0 Å². The molecular weight excluding hydrogens is 210 g/mol. The fraction of sp³-hybridized carbons (Fsp3) is 0.500. The van der Waals surface area contributed by atoms with Gasteiger partial charge < -0.3 is 5.32 Å². The highest BCUT2D eigenvalue weighted by atomic mass is 15.2. The number of likely N-dealkylation sites (N-methyl/N-ethyl adjacent to an activating group) is 1. The van der Waals surface area contributed by atoms with Crippen LogP contribution in [-0.4, -0.2) is 31.1 Å². The van der Waals surface area contributed by atoms with Gasteiger partial charge in [0.1, 0.15) is 0 Å². The molecule has 3 nitrogen and oxygen atoms in total. The standard InChI is InChI=1S/C14H19N3/c1-17(14-7-4-8-16-10-14)11-13-6-3-2-5-12(13)9-15/h2-3,5-6,14,16H,4,7-8,10-11H2,1H3. The van der Waals surface area contributed by atoms with Crippen LogP contribution in [0.15, 0.2) is 24.3 Å². The summed E-state index contributed by atoms with van der Waals surface area (Å²) in [5.41, 5.74) is 1.92. The van der Waals surface area contributed by atoms with E-state index in [1.165, 1.54) is 12.8 Å². The fourth-order valence-electron chi connectivity index (χ4n) is 2.37. The van der Waals surface area contributed by atoms with E-state index in [1.54, 1.807) is 0 Å². The van der Waals surface area contributed by atoms with Gasteiger partial charge in [0.25, 0.3) is 0 Å². The molecule has 17 heavy (non-hydrogen) atoms. The van der Waals surface area contributed by atoms with Crippen LogP contribution in [0.2, 0.25) is 0 Å². The van der Waals surface area contributed by atoms with Gasteiger partial charge in [0, 0.05) is 19.1 Å². The quantitative estimate of drug-likeness (QED) is 0.858. The van der Waals surface area contributed by atoms with Gasteiger partial charge >= 0.3 is 0 Å². The molecule has 90 valence electrons. The van der Waals surface area contributed by atoms with Gasteiger partial charge in [-0.2, -0.15) is 5.26 Å². The Bertz CT molecular complexity index is 402. The third kappa shape index (κ3) is 3.06. The molecule has 1 aromatic rings. The zero-order valence-corrected chi connectivity index (χ0v) is 10.3. The second kappa shape index (κ2) is 5.81. The summed E-state index contributed by atoms with van der Waals surface area (Å²) < 4.78 is 0. The fourth-order valence-corrected chi connectivity index (χ4v) is 2.37. The normalized spacial score (nSPS) is 20.2. The molecule has 1 aliphatic heterocycles. The van der Waals surface area contributed by atoms with Crippen LogP contribution < -0.4 is 5.32 Å². The summed E-state index contributed by atoms with van der Waals surface area (Å²) in [4.78, 5) is 2.35. The van der Waals surface area contributed by atoms with E-state index in [4.69, 9.17) is 5.26 Å². The highest BCUT2D eigenvalue weighted by Gasteiger charge is 2.18. The number of nitrogens with zero attached hydrogens (tertiary/aromatic N) is 2. The molecule has 1 atom stereocenters. The van der Waals surface area contributed by atoms with E-state index in [1.807, 2.05) is 24.3 Å². The number of nitrogens with one attached hydrogen (secondary N) is 1. The van der Waals surface area contributed by atoms with E-state index in [0.717, 1.165) is 30.8 Å². The lowest BCUT2D eigenvalue weighted by Crippen LogP contribution is -2.43. The van der Waals surface area contributed by atoms with Crippen molar-refractivity contribution in [1.29, 1.82) is 5.26 Å². The summed E-state index contributed by atoms with van der Waals surface area (Å²) in [6.45, 7) is 3.06. The van der Waals surface area contributed by atoms with Crippen LogP contribution in [0.4, 0.5) is 0 Å². The molecule has 1 unspecified atom stereocenters. The SMILES string of the molecule is CN(Cc1ccccc1C#N)C1CCCNC1. The topological polar surface area (TPSA) is 39.1 Å². The molecule has 3 heteroatoms. The van der Waals surface area contributed by atoms with Crippen LogP contribution in [0.5, 0.6) is 0 Å². The summed E-state index contributed by atoms with van der Waals surface area (Å²) in [6.07, 6.45) is 2.49. The lowest BCUT2D eigenvalue weighted by Gasteiger charge is -2.31. The molecule has 0 saturated carbocycles. The van der Waals surface area contributed by atoms with Crippen molar-refractivity contribution in [1.82, 2.24) is 10.2 Å². The van der Waals surface area contributed by atoms with Gasteiger partial charge in [0.15, 0.2) is 0 Å². The molecule has 0 aromatic heterocycles. The Morgan fingerprint density at radius 2 is 2.29 bits per heavy atom. The number of hydrogen-bond acceptors (Lipinski definition) is 3. The number of benzene rings is 1. The van der Waals surface area contributed by atoms with Crippen LogP contribution in [0.3, 0.4) is 0 Å². The summed E-state index contributed by atoms with van der Waals surface area (Å²) in [5.74, 6) is 0. The van der Waals surface area contributed by atoms with E-state index >= 15 is 0 Å². The van der Waals surface area contributed by atoms with Crippen molar-refractivity contribution in [2.24, 2.45) is 0 Å². The predicted molar refractivity (Wildman–Crippen MR) is 68.5 cm³/mol. The van der Waals surface area contributed by atoms with Crippen molar-refractivity contribution in [3.63, 3.8) is 0 Å². The Morgan fingerprint density at radius 1 is 1.47 bits per heavy atom. The van der Waals surface area contributed by atoms with Crippen molar-refractivity contribution in [2.45, 2.75) is 25.4 Å². The number of rotatable bonds is 3. The Morgan fingerprint density at radius 3 is 3.00 bits per heavy atom. The Balaban J connectivity index is 2.02. The smallest absolute Gasteiger partial charge is 0.0995 e. The summed E-state index contributed by atoms with van der Waals surface area (Å²) in [6, 6.07) is 10.7. The molecule has 1 heterocycles. The van der Waals surface area contributed by atoms with Gasteiger partial charge in [-0.05, 0) is 38.1 Å². The molecule has 0 radical (unpaired) electrons. The maximum atomic E-state index is 9.06.